The second kappa shape index (κ2) is 7.96. The summed E-state index contributed by atoms with van der Waals surface area (Å²) < 4.78 is 45.4. The topological polar surface area (TPSA) is 94.6 Å². The van der Waals surface area contributed by atoms with Gasteiger partial charge in [-0.2, -0.15) is 13.2 Å². The summed E-state index contributed by atoms with van der Waals surface area (Å²) in [6.45, 7) is -1.08. The number of hydrogen-bond donors (Lipinski definition) is 2. The van der Waals surface area contributed by atoms with Crippen molar-refractivity contribution in [2.24, 2.45) is 5.73 Å². The molecule has 3 aromatic rings. The summed E-state index contributed by atoms with van der Waals surface area (Å²) >= 11 is 0. The maximum atomic E-state index is 13.2. The van der Waals surface area contributed by atoms with Gasteiger partial charge in [-0.15, -0.1) is 0 Å². The van der Waals surface area contributed by atoms with E-state index in [1.807, 2.05) is 24.3 Å². The molecule has 1 heterocycles. The summed E-state index contributed by atoms with van der Waals surface area (Å²) in [5.74, 6) is -0.739. The lowest BCUT2D eigenvalue weighted by atomic mass is 10.1. The average molecular weight is 406 g/mol. The first-order valence-corrected chi connectivity index (χ1v) is 8.57. The van der Waals surface area contributed by atoms with E-state index in [0.717, 1.165) is 16.8 Å². The van der Waals surface area contributed by atoms with Gasteiger partial charge in [-0.3, -0.25) is 9.59 Å². The lowest BCUT2D eigenvalue weighted by Gasteiger charge is -2.19. The monoisotopic (exact) mass is 406 g/mol. The Labute approximate surface area is 162 Å². The molecule has 0 unspecified atom stereocenters. The fourth-order valence-electron chi connectivity index (χ4n) is 2.91. The first-order chi connectivity index (χ1) is 13.7. The van der Waals surface area contributed by atoms with Crippen molar-refractivity contribution in [2.45, 2.75) is 18.8 Å². The first-order valence-electron chi connectivity index (χ1n) is 8.57. The molecule has 0 bridgehead atoms. The van der Waals surface area contributed by atoms with Gasteiger partial charge >= 0.3 is 6.18 Å². The number of nitrogens with two attached hydrogens (primary N) is 1. The van der Waals surface area contributed by atoms with Crippen LogP contribution in [0.25, 0.3) is 10.8 Å². The van der Waals surface area contributed by atoms with Gasteiger partial charge in [0.05, 0.1) is 6.54 Å². The van der Waals surface area contributed by atoms with E-state index < -0.39 is 41.5 Å². The van der Waals surface area contributed by atoms with Crippen LogP contribution in [0.4, 0.5) is 13.2 Å². The number of carbonyl (C=O) groups is 1. The van der Waals surface area contributed by atoms with Gasteiger partial charge in [-0.05, 0) is 35.0 Å². The van der Waals surface area contributed by atoms with Crippen LogP contribution in [0.3, 0.4) is 0 Å². The maximum absolute atomic E-state index is 13.2. The van der Waals surface area contributed by atoms with Crippen LogP contribution in [0.5, 0.6) is 5.75 Å². The number of halogens is 3. The number of primary amides is 1. The molecule has 1 atom stereocenters. The van der Waals surface area contributed by atoms with E-state index in [9.17, 15) is 27.9 Å². The van der Waals surface area contributed by atoms with Gasteiger partial charge in [-0.25, -0.2) is 0 Å². The normalized spacial score (nSPS) is 12.7. The smallest absolute Gasteiger partial charge is 0.431 e. The number of pyridine rings is 1. The van der Waals surface area contributed by atoms with E-state index in [4.69, 9.17) is 10.5 Å². The number of nitrogens with zero attached hydrogens (tertiary/aromatic N) is 1. The Morgan fingerprint density at radius 1 is 1.10 bits per heavy atom. The van der Waals surface area contributed by atoms with Gasteiger partial charge in [0.1, 0.15) is 29.7 Å². The van der Waals surface area contributed by atoms with Crippen LogP contribution >= 0.6 is 0 Å². The number of alkyl halides is 3. The standard InChI is InChI=1S/C20H17F3N2O4/c21-20(22,23)17-8-7-16(18(24)27)19(28)25(17)10-14(26)11-29-15-6-5-12-3-1-2-4-13(12)9-15/h1-9,14,26H,10-11H2,(H2,24,27)/t14-/m1/s1. The fourth-order valence-corrected chi connectivity index (χ4v) is 2.91. The summed E-state index contributed by atoms with van der Waals surface area (Å²) in [6.07, 6.45) is -6.29. The van der Waals surface area contributed by atoms with Gasteiger partial charge in [0.15, 0.2) is 0 Å². The van der Waals surface area contributed by atoms with Gasteiger partial charge in [0, 0.05) is 0 Å². The van der Waals surface area contributed by atoms with E-state index in [1.165, 1.54) is 0 Å². The number of hydrogen-bond acceptors (Lipinski definition) is 4. The molecule has 0 aliphatic heterocycles. The second-order valence-corrected chi connectivity index (χ2v) is 6.38. The molecular formula is C20H17F3N2O4. The quantitative estimate of drug-likeness (QED) is 0.658. The van der Waals surface area contributed by atoms with Gasteiger partial charge < -0.3 is 20.1 Å². The summed E-state index contributed by atoms with van der Waals surface area (Å²) in [7, 11) is 0. The number of ether oxygens (including phenoxy) is 1. The molecule has 0 aliphatic carbocycles. The molecule has 0 aliphatic rings. The van der Waals surface area contributed by atoms with Gasteiger partial charge in [0.25, 0.3) is 11.5 Å². The van der Waals surface area contributed by atoms with Gasteiger partial charge in [-0.1, -0.05) is 30.3 Å². The molecule has 0 fully saturated rings. The van der Waals surface area contributed by atoms with Crippen molar-refractivity contribution in [3.63, 3.8) is 0 Å². The molecule has 0 radical (unpaired) electrons. The Kier molecular flexibility index (Phi) is 5.60. The minimum atomic E-state index is -4.85. The highest BCUT2D eigenvalue weighted by atomic mass is 19.4. The highest BCUT2D eigenvalue weighted by Gasteiger charge is 2.35. The highest BCUT2D eigenvalue weighted by Crippen LogP contribution is 2.28. The summed E-state index contributed by atoms with van der Waals surface area (Å²) in [5.41, 5.74) is 1.92. The average Bonchev–Trinajstić information content (AvgIpc) is 2.66. The van der Waals surface area contributed by atoms with E-state index in [0.29, 0.717) is 11.8 Å². The molecule has 1 aromatic heterocycles. The molecule has 6 nitrogen and oxygen atoms in total. The third-order valence-electron chi connectivity index (χ3n) is 4.29. The van der Waals surface area contributed by atoms with E-state index in [1.54, 1.807) is 18.2 Å². The van der Waals surface area contributed by atoms with Crippen molar-refractivity contribution in [3.05, 3.63) is 76.2 Å². The predicted molar refractivity (Wildman–Crippen MR) is 99.7 cm³/mol. The summed E-state index contributed by atoms with van der Waals surface area (Å²) in [6, 6.07) is 14.0. The zero-order chi connectivity index (χ0) is 21.2. The third-order valence-corrected chi connectivity index (χ3v) is 4.29. The van der Waals surface area contributed by atoms with Crippen LogP contribution in [-0.4, -0.2) is 28.3 Å². The van der Waals surface area contributed by atoms with Crippen molar-refractivity contribution < 1.29 is 27.8 Å². The van der Waals surface area contributed by atoms with Crippen LogP contribution < -0.4 is 16.0 Å². The summed E-state index contributed by atoms with van der Waals surface area (Å²) in [5, 5.41) is 12.0. The van der Waals surface area contributed by atoms with Crippen LogP contribution in [0, 0.1) is 0 Å². The molecule has 29 heavy (non-hydrogen) atoms. The second-order valence-electron chi connectivity index (χ2n) is 6.38. The zero-order valence-electron chi connectivity index (χ0n) is 15.0. The minimum absolute atomic E-state index is 0.286. The molecule has 1 amide bonds. The molecule has 152 valence electrons. The molecule has 3 rings (SSSR count). The number of aliphatic hydroxyl groups is 1. The van der Waals surface area contributed by atoms with Crippen molar-refractivity contribution in [1.29, 1.82) is 0 Å². The van der Waals surface area contributed by atoms with Crippen LogP contribution in [0.15, 0.2) is 59.4 Å². The Morgan fingerprint density at radius 3 is 2.45 bits per heavy atom. The highest BCUT2D eigenvalue weighted by molar-refractivity contribution is 5.92. The lowest BCUT2D eigenvalue weighted by Crippen LogP contribution is -2.37. The van der Waals surface area contributed by atoms with E-state index >= 15 is 0 Å². The SMILES string of the molecule is NC(=O)c1ccc(C(F)(F)F)n(C[C@@H](O)COc2ccc3ccccc3c2)c1=O. The van der Waals surface area contributed by atoms with Crippen molar-refractivity contribution >= 4 is 16.7 Å². The number of aromatic nitrogens is 1. The molecular weight excluding hydrogens is 389 g/mol. The number of benzene rings is 2. The number of fused-ring (bicyclic) bond motifs is 1. The zero-order valence-corrected chi connectivity index (χ0v) is 15.0. The number of rotatable bonds is 6. The number of carbonyl (C=O) groups excluding carboxylic acids is 1. The molecule has 0 saturated heterocycles. The fraction of sp³-hybridized carbons (Fsp3) is 0.200. The number of amides is 1. The van der Waals surface area contributed by atoms with Crippen molar-refractivity contribution in [2.75, 3.05) is 6.61 Å². The Morgan fingerprint density at radius 2 is 1.79 bits per heavy atom. The lowest BCUT2D eigenvalue weighted by molar-refractivity contribution is -0.144. The molecule has 2 aromatic carbocycles. The van der Waals surface area contributed by atoms with E-state index in [-0.39, 0.29) is 11.2 Å². The Hall–Kier alpha value is -3.33. The van der Waals surface area contributed by atoms with Gasteiger partial charge in [0.2, 0.25) is 0 Å². The molecule has 3 N–H and O–H groups in total. The first kappa shape index (κ1) is 20.4. The maximum Gasteiger partial charge on any atom is 0.431 e. The third kappa shape index (κ3) is 4.57. The molecule has 0 saturated carbocycles. The predicted octanol–water partition coefficient (Wildman–Crippen LogP) is 2.56. The summed E-state index contributed by atoms with van der Waals surface area (Å²) in [4.78, 5) is 23.5. The minimum Gasteiger partial charge on any atom is -0.491 e. The van der Waals surface area contributed by atoms with Crippen LogP contribution in [0.1, 0.15) is 16.1 Å². The molecule has 9 heteroatoms. The largest absolute Gasteiger partial charge is 0.491 e. The molecule has 0 spiro atoms. The van der Waals surface area contributed by atoms with Crippen LogP contribution in [-0.2, 0) is 12.7 Å². The van der Waals surface area contributed by atoms with Crippen molar-refractivity contribution in [1.82, 2.24) is 4.57 Å². The number of aliphatic hydroxyl groups excluding tert-OH is 1. The van der Waals surface area contributed by atoms with Crippen molar-refractivity contribution in [3.8, 4) is 5.75 Å². The van der Waals surface area contributed by atoms with Crippen LogP contribution in [0.2, 0.25) is 0 Å². The Bertz CT molecular complexity index is 1110. The Balaban J connectivity index is 1.80. The van der Waals surface area contributed by atoms with E-state index in [2.05, 4.69) is 0 Å².